The van der Waals surface area contributed by atoms with Crippen molar-refractivity contribution in [2.75, 3.05) is 0 Å². The van der Waals surface area contributed by atoms with Crippen LogP contribution in [0.25, 0.3) is 10.8 Å². The predicted octanol–water partition coefficient (Wildman–Crippen LogP) is 4.08. The maximum atomic E-state index is 11.0. The number of carboxylic acids is 1. The second kappa shape index (κ2) is 5.35. The maximum absolute atomic E-state index is 11.0. The Morgan fingerprint density at radius 3 is 2.75 bits per heavy atom. The van der Waals surface area contributed by atoms with Crippen LogP contribution in [0.2, 0.25) is 0 Å². The van der Waals surface area contributed by atoms with Gasteiger partial charge in [-0.3, -0.25) is 0 Å². The third-order valence-corrected chi connectivity index (χ3v) is 3.94. The molecule has 4 heteroatoms. The topological polar surface area (TPSA) is 50.2 Å². The normalized spacial score (nSPS) is 10.6. The number of carbonyl (C=O) groups is 1. The number of aromatic nitrogens is 1. The monoisotopic (exact) mass is 281 g/mol. The minimum Gasteiger partial charge on any atom is -0.478 e. The lowest BCUT2D eigenvalue weighted by molar-refractivity contribution is 0.0696. The molecule has 0 saturated heterocycles. The molecule has 0 bridgehead atoms. The summed E-state index contributed by atoms with van der Waals surface area (Å²) in [5, 5.41) is 12.1. The summed E-state index contributed by atoms with van der Waals surface area (Å²) in [5.41, 5.74) is 0.287. The first-order chi connectivity index (χ1) is 9.74. The number of rotatable bonds is 3. The van der Waals surface area contributed by atoms with Gasteiger partial charge in [0.1, 0.15) is 5.03 Å². The number of nitrogens with zero attached hydrogens (tertiary/aromatic N) is 1. The van der Waals surface area contributed by atoms with E-state index in [9.17, 15) is 4.79 Å². The summed E-state index contributed by atoms with van der Waals surface area (Å²) in [5.74, 6) is -0.918. The number of pyridine rings is 1. The zero-order valence-electron chi connectivity index (χ0n) is 10.5. The molecule has 20 heavy (non-hydrogen) atoms. The lowest BCUT2D eigenvalue weighted by atomic mass is 10.2. The molecule has 0 saturated carbocycles. The summed E-state index contributed by atoms with van der Waals surface area (Å²) in [4.78, 5) is 16.3. The molecule has 3 aromatic rings. The van der Waals surface area contributed by atoms with Crippen LogP contribution in [0.1, 0.15) is 10.4 Å². The summed E-state index contributed by atoms with van der Waals surface area (Å²) in [7, 11) is 0. The van der Waals surface area contributed by atoms with Crippen molar-refractivity contribution in [3.63, 3.8) is 0 Å². The maximum Gasteiger partial charge on any atom is 0.335 e. The van der Waals surface area contributed by atoms with Crippen LogP contribution in [0.15, 0.2) is 70.7 Å². The van der Waals surface area contributed by atoms with Crippen LogP contribution in [0.5, 0.6) is 0 Å². The SMILES string of the molecule is O=C(O)c1cccc(Sc2nccc3ccccc23)c1. The summed E-state index contributed by atoms with van der Waals surface area (Å²) in [6.07, 6.45) is 1.77. The number of carboxylic acid groups (broad SMARTS) is 1. The Balaban J connectivity index is 2.01. The average molecular weight is 281 g/mol. The highest BCUT2D eigenvalue weighted by Crippen LogP contribution is 2.31. The van der Waals surface area contributed by atoms with Gasteiger partial charge in [0.25, 0.3) is 0 Å². The van der Waals surface area contributed by atoms with Gasteiger partial charge in [0, 0.05) is 16.5 Å². The highest BCUT2D eigenvalue weighted by molar-refractivity contribution is 7.99. The van der Waals surface area contributed by atoms with Gasteiger partial charge in [0.05, 0.1) is 5.56 Å². The minimum atomic E-state index is -0.918. The first kappa shape index (κ1) is 12.7. The van der Waals surface area contributed by atoms with Crippen LogP contribution in [-0.4, -0.2) is 16.1 Å². The van der Waals surface area contributed by atoms with E-state index >= 15 is 0 Å². The molecule has 0 aliphatic carbocycles. The molecule has 2 aromatic carbocycles. The van der Waals surface area contributed by atoms with Crippen molar-refractivity contribution >= 4 is 28.5 Å². The fraction of sp³-hybridized carbons (Fsp3) is 0. The lowest BCUT2D eigenvalue weighted by Gasteiger charge is -2.05. The molecule has 1 aromatic heterocycles. The van der Waals surface area contributed by atoms with E-state index < -0.39 is 5.97 Å². The Morgan fingerprint density at radius 2 is 1.90 bits per heavy atom. The molecule has 0 fully saturated rings. The Bertz CT molecular complexity index is 781. The molecular weight excluding hydrogens is 270 g/mol. The third-order valence-electron chi connectivity index (χ3n) is 2.93. The summed E-state index contributed by atoms with van der Waals surface area (Å²) < 4.78 is 0. The van der Waals surface area contributed by atoms with Gasteiger partial charge in [-0.2, -0.15) is 0 Å². The lowest BCUT2D eigenvalue weighted by Crippen LogP contribution is -1.95. The van der Waals surface area contributed by atoms with Crippen LogP contribution in [0, 0.1) is 0 Å². The second-order valence-electron chi connectivity index (χ2n) is 4.27. The van der Waals surface area contributed by atoms with Crippen LogP contribution in [-0.2, 0) is 0 Å². The number of benzene rings is 2. The fourth-order valence-electron chi connectivity index (χ4n) is 1.98. The minimum absolute atomic E-state index is 0.287. The van der Waals surface area contributed by atoms with Crippen molar-refractivity contribution in [3.8, 4) is 0 Å². The van der Waals surface area contributed by atoms with Crippen LogP contribution < -0.4 is 0 Å². The summed E-state index contributed by atoms with van der Waals surface area (Å²) in [6.45, 7) is 0. The largest absolute Gasteiger partial charge is 0.478 e. The highest BCUT2D eigenvalue weighted by Gasteiger charge is 2.07. The van der Waals surface area contributed by atoms with Crippen LogP contribution >= 0.6 is 11.8 Å². The van der Waals surface area contributed by atoms with Gasteiger partial charge in [0.15, 0.2) is 0 Å². The van der Waals surface area contributed by atoms with Gasteiger partial charge < -0.3 is 5.11 Å². The standard InChI is InChI=1S/C16H11NO2S/c18-16(19)12-5-3-6-13(10-12)20-15-14-7-2-1-4-11(14)8-9-17-15/h1-10H,(H,18,19). The van der Waals surface area contributed by atoms with Gasteiger partial charge in [-0.1, -0.05) is 42.1 Å². The Kier molecular flexibility index (Phi) is 3.39. The van der Waals surface area contributed by atoms with Crippen molar-refractivity contribution in [3.05, 3.63) is 66.4 Å². The third kappa shape index (κ3) is 2.51. The van der Waals surface area contributed by atoms with E-state index in [4.69, 9.17) is 5.11 Å². The number of aromatic carboxylic acids is 1. The van der Waals surface area contributed by atoms with Crippen LogP contribution in [0.3, 0.4) is 0 Å². The van der Waals surface area contributed by atoms with Gasteiger partial charge >= 0.3 is 5.97 Å². The van der Waals surface area contributed by atoms with E-state index in [1.807, 2.05) is 36.4 Å². The van der Waals surface area contributed by atoms with Crippen molar-refractivity contribution < 1.29 is 9.90 Å². The van der Waals surface area contributed by atoms with Crippen molar-refractivity contribution in [2.24, 2.45) is 0 Å². The molecule has 3 rings (SSSR count). The van der Waals surface area contributed by atoms with Gasteiger partial charge in [-0.15, -0.1) is 0 Å². The van der Waals surface area contributed by atoms with E-state index in [0.29, 0.717) is 0 Å². The smallest absolute Gasteiger partial charge is 0.335 e. The first-order valence-corrected chi connectivity index (χ1v) is 6.91. The molecule has 1 heterocycles. The zero-order valence-corrected chi connectivity index (χ0v) is 11.3. The Labute approximate surface area is 120 Å². The van der Waals surface area contributed by atoms with E-state index in [-0.39, 0.29) is 5.56 Å². The number of fused-ring (bicyclic) bond motifs is 1. The Hall–Kier alpha value is -2.33. The molecule has 1 N–H and O–H groups in total. The van der Waals surface area contributed by atoms with E-state index in [1.165, 1.54) is 11.8 Å². The van der Waals surface area contributed by atoms with Gasteiger partial charge in [-0.25, -0.2) is 9.78 Å². The zero-order chi connectivity index (χ0) is 13.9. The molecule has 98 valence electrons. The summed E-state index contributed by atoms with van der Waals surface area (Å²) >= 11 is 1.47. The Morgan fingerprint density at radius 1 is 1.05 bits per heavy atom. The van der Waals surface area contributed by atoms with E-state index in [0.717, 1.165) is 20.7 Å². The van der Waals surface area contributed by atoms with Crippen molar-refractivity contribution in [1.82, 2.24) is 4.98 Å². The molecule has 0 spiro atoms. The van der Waals surface area contributed by atoms with Gasteiger partial charge in [-0.05, 0) is 29.7 Å². The van der Waals surface area contributed by atoms with E-state index in [2.05, 4.69) is 4.98 Å². The molecule has 0 aliphatic rings. The number of hydrogen-bond acceptors (Lipinski definition) is 3. The first-order valence-electron chi connectivity index (χ1n) is 6.09. The molecule has 0 amide bonds. The highest BCUT2D eigenvalue weighted by atomic mass is 32.2. The molecule has 3 nitrogen and oxygen atoms in total. The van der Waals surface area contributed by atoms with Crippen LogP contribution in [0.4, 0.5) is 0 Å². The van der Waals surface area contributed by atoms with Crippen molar-refractivity contribution in [2.45, 2.75) is 9.92 Å². The molecular formula is C16H11NO2S. The van der Waals surface area contributed by atoms with E-state index in [1.54, 1.807) is 24.4 Å². The molecule has 0 aliphatic heterocycles. The average Bonchev–Trinajstić information content (AvgIpc) is 2.48. The predicted molar refractivity (Wildman–Crippen MR) is 79.3 cm³/mol. The quantitative estimate of drug-likeness (QED) is 0.785. The number of hydrogen-bond donors (Lipinski definition) is 1. The molecule has 0 atom stereocenters. The molecule has 0 unspecified atom stereocenters. The summed E-state index contributed by atoms with van der Waals surface area (Å²) in [6, 6.07) is 16.9. The second-order valence-corrected chi connectivity index (χ2v) is 5.33. The molecule has 0 radical (unpaired) electrons. The van der Waals surface area contributed by atoms with Crippen molar-refractivity contribution in [1.29, 1.82) is 0 Å². The van der Waals surface area contributed by atoms with Gasteiger partial charge in [0.2, 0.25) is 0 Å². The fourth-order valence-corrected chi connectivity index (χ4v) is 2.94.